The van der Waals surface area contributed by atoms with Crippen LogP contribution in [0, 0.1) is 5.82 Å². The zero-order valence-electron chi connectivity index (χ0n) is 10.9. The first-order valence-electron chi connectivity index (χ1n) is 5.76. The molecule has 1 aliphatic heterocycles. The van der Waals surface area contributed by atoms with Crippen molar-refractivity contribution in [2.45, 2.75) is 26.4 Å². The van der Waals surface area contributed by atoms with E-state index < -0.39 is 23.4 Å². The molecule has 0 aromatic heterocycles. The molecule has 102 valence electrons. The summed E-state index contributed by atoms with van der Waals surface area (Å²) in [6, 6.07) is 3.59. The summed E-state index contributed by atoms with van der Waals surface area (Å²) in [4.78, 5) is 24.6. The van der Waals surface area contributed by atoms with Crippen molar-refractivity contribution in [3.05, 3.63) is 24.0 Å². The lowest BCUT2D eigenvalue weighted by Gasteiger charge is -2.30. The smallest absolute Gasteiger partial charge is 0.421 e. The third-order valence-corrected chi connectivity index (χ3v) is 2.34. The Balaban J connectivity index is 2.35. The third kappa shape index (κ3) is 2.83. The zero-order chi connectivity index (χ0) is 14.2. The summed E-state index contributed by atoms with van der Waals surface area (Å²) in [7, 11) is 0. The molecule has 6 heteroatoms. The van der Waals surface area contributed by atoms with Gasteiger partial charge in [-0.1, -0.05) is 0 Å². The number of nitrogens with zero attached hydrogens (tertiary/aromatic N) is 1. The predicted molar refractivity (Wildman–Crippen MR) is 65.6 cm³/mol. The average molecular weight is 267 g/mol. The van der Waals surface area contributed by atoms with Gasteiger partial charge in [-0.25, -0.2) is 14.1 Å². The Kier molecular flexibility index (Phi) is 3.18. The van der Waals surface area contributed by atoms with Crippen molar-refractivity contribution in [1.29, 1.82) is 0 Å². The van der Waals surface area contributed by atoms with Gasteiger partial charge in [-0.15, -0.1) is 0 Å². The van der Waals surface area contributed by atoms with Gasteiger partial charge < -0.3 is 9.47 Å². The van der Waals surface area contributed by atoms with Crippen LogP contribution in [0.4, 0.5) is 14.9 Å². The Labute approximate surface area is 109 Å². The van der Waals surface area contributed by atoms with Crippen LogP contribution in [0.1, 0.15) is 20.8 Å². The maximum Gasteiger partial charge on any atom is 0.421 e. The second-order valence-corrected chi connectivity index (χ2v) is 5.11. The quantitative estimate of drug-likeness (QED) is 0.724. The standard InChI is InChI=1S/C13H14FNO4/c1-13(2,3)19-12(17)15-9-5-4-8(14)6-10(9)18-7-11(15)16/h4-6H,7H2,1-3H3. The number of anilines is 1. The van der Waals surface area contributed by atoms with E-state index in [1.54, 1.807) is 20.8 Å². The number of rotatable bonds is 0. The van der Waals surface area contributed by atoms with E-state index in [2.05, 4.69) is 0 Å². The normalized spacial score (nSPS) is 14.7. The van der Waals surface area contributed by atoms with Crippen molar-refractivity contribution in [2.24, 2.45) is 0 Å². The Hall–Kier alpha value is -2.11. The molecule has 0 spiro atoms. The Morgan fingerprint density at radius 3 is 2.74 bits per heavy atom. The molecule has 0 N–H and O–H groups in total. The molecule has 1 heterocycles. The number of hydrogen-bond acceptors (Lipinski definition) is 4. The monoisotopic (exact) mass is 267 g/mol. The minimum absolute atomic E-state index is 0.144. The molecule has 1 aromatic rings. The van der Waals surface area contributed by atoms with Gasteiger partial charge in [-0.05, 0) is 32.9 Å². The number of benzene rings is 1. The van der Waals surface area contributed by atoms with Gasteiger partial charge in [0.1, 0.15) is 17.2 Å². The number of fused-ring (bicyclic) bond motifs is 1. The number of hydrogen-bond donors (Lipinski definition) is 0. The van der Waals surface area contributed by atoms with Gasteiger partial charge in [0, 0.05) is 6.07 Å². The first kappa shape index (κ1) is 13.3. The molecule has 0 saturated heterocycles. The number of ether oxygens (including phenoxy) is 2. The molecule has 0 bridgehead atoms. The SMILES string of the molecule is CC(C)(C)OC(=O)N1C(=O)COc2cc(F)ccc21. The lowest BCUT2D eigenvalue weighted by molar-refractivity contribution is -0.121. The van der Waals surface area contributed by atoms with Gasteiger partial charge in [-0.3, -0.25) is 4.79 Å². The van der Waals surface area contributed by atoms with E-state index in [0.717, 1.165) is 17.0 Å². The minimum atomic E-state index is -0.798. The van der Waals surface area contributed by atoms with Crippen LogP contribution < -0.4 is 9.64 Å². The molecule has 0 saturated carbocycles. The van der Waals surface area contributed by atoms with E-state index in [-0.39, 0.29) is 18.0 Å². The molecular weight excluding hydrogens is 253 g/mol. The number of carbonyl (C=O) groups is 2. The van der Waals surface area contributed by atoms with E-state index in [1.165, 1.54) is 6.07 Å². The lowest BCUT2D eigenvalue weighted by Crippen LogP contribution is -2.45. The van der Waals surface area contributed by atoms with Gasteiger partial charge in [-0.2, -0.15) is 0 Å². The van der Waals surface area contributed by atoms with Gasteiger partial charge in [0.25, 0.3) is 5.91 Å². The maximum absolute atomic E-state index is 13.1. The highest BCUT2D eigenvalue weighted by Crippen LogP contribution is 2.33. The van der Waals surface area contributed by atoms with E-state index in [1.807, 2.05) is 0 Å². The fourth-order valence-electron chi connectivity index (χ4n) is 1.63. The van der Waals surface area contributed by atoms with Gasteiger partial charge in [0.15, 0.2) is 6.61 Å². The van der Waals surface area contributed by atoms with Crippen molar-refractivity contribution in [1.82, 2.24) is 0 Å². The Morgan fingerprint density at radius 1 is 1.42 bits per heavy atom. The molecule has 2 rings (SSSR count). The first-order valence-corrected chi connectivity index (χ1v) is 5.76. The Morgan fingerprint density at radius 2 is 2.11 bits per heavy atom. The molecule has 1 aromatic carbocycles. The van der Waals surface area contributed by atoms with Crippen molar-refractivity contribution in [2.75, 3.05) is 11.5 Å². The van der Waals surface area contributed by atoms with Crippen LogP contribution in [0.2, 0.25) is 0 Å². The highest BCUT2D eigenvalue weighted by molar-refractivity contribution is 6.14. The summed E-state index contributed by atoms with van der Waals surface area (Å²) in [6.07, 6.45) is -0.798. The highest BCUT2D eigenvalue weighted by atomic mass is 19.1. The molecule has 5 nitrogen and oxygen atoms in total. The molecule has 2 amide bonds. The Bertz CT molecular complexity index is 536. The van der Waals surface area contributed by atoms with Crippen LogP contribution in [-0.2, 0) is 9.53 Å². The summed E-state index contributed by atoms with van der Waals surface area (Å²) < 4.78 is 23.3. The first-order chi connectivity index (χ1) is 8.78. The largest absolute Gasteiger partial charge is 0.481 e. The summed E-state index contributed by atoms with van der Waals surface area (Å²) in [5.74, 6) is -0.906. The maximum atomic E-state index is 13.1. The summed E-state index contributed by atoms with van der Waals surface area (Å²) >= 11 is 0. The van der Waals surface area contributed by atoms with Crippen LogP contribution in [-0.4, -0.2) is 24.2 Å². The number of imide groups is 1. The number of carbonyl (C=O) groups excluding carboxylic acids is 2. The number of halogens is 1. The fourth-order valence-corrected chi connectivity index (χ4v) is 1.63. The van der Waals surface area contributed by atoms with Crippen LogP contribution >= 0.6 is 0 Å². The number of amides is 2. The summed E-state index contributed by atoms with van der Waals surface area (Å²) in [6.45, 7) is 4.76. The average Bonchev–Trinajstić information content (AvgIpc) is 2.26. The van der Waals surface area contributed by atoms with Crippen molar-refractivity contribution in [3.63, 3.8) is 0 Å². The molecule has 0 radical (unpaired) electrons. The van der Waals surface area contributed by atoms with E-state index in [0.29, 0.717) is 0 Å². The molecule has 0 fully saturated rings. The van der Waals surface area contributed by atoms with Gasteiger partial charge in [0.2, 0.25) is 0 Å². The van der Waals surface area contributed by atoms with E-state index in [4.69, 9.17) is 9.47 Å². The summed E-state index contributed by atoms with van der Waals surface area (Å²) in [5, 5.41) is 0. The molecule has 1 aliphatic rings. The second-order valence-electron chi connectivity index (χ2n) is 5.11. The fraction of sp³-hybridized carbons (Fsp3) is 0.385. The predicted octanol–water partition coefficient (Wildman–Crippen LogP) is 2.49. The molecule has 0 atom stereocenters. The highest BCUT2D eigenvalue weighted by Gasteiger charge is 2.34. The van der Waals surface area contributed by atoms with E-state index in [9.17, 15) is 14.0 Å². The topological polar surface area (TPSA) is 55.8 Å². The molecule has 19 heavy (non-hydrogen) atoms. The second kappa shape index (κ2) is 4.53. The van der Waals surface area contributed by atoms with Gasteiger partial charge >= 0.3 is 6.09 Å². The van der Waals surface area contributed by atoms with Crippen LogP contribution in [0.25, 0.3) is 0 Å². The molecule has 0 unspecified atom stereocenters. The summed E-state index contributed by atoms with van der Waals surface area (Å²) in [5.41, 5.74) is -0.539. The van der Waals surface area contributed by atoms with Crippen molar-refractivity contribution < 1.29 is 23.5 Å². The van der Waals surface area contributed by atoms with Gasteiger partial charge in [0.05, 0.1) is 5.69 Å². The minimum Gasteiger partial charge on any atom is -0.481 e. The van der Waals surface area contributed by atoms with Crippen LogP contribution in [0.3, 0.4) is 0 Å². The molecule has 0 aliphatic carbocycles. The van der Waals surface area contributed by atoms with Crippen molar-refractivity contribution >= 4 is 17.7 Å². The van der Waals surface area contributed by atoms with Crippen LogP contribution in [0.15, 0.2) is 18.2 Å². The third-order valence-electron chi connectivity index (χ3n) is 2.34. The van der Waals surface area contributed by atoms with E-state index >= 15 is 0 Å². The molecular formula is C13H14FNO4. The van der Waals surface area contributed by atoms with Crippen molar-refractivity contribution in [3.8, 4) is 5.75 Å². The van der Waals surface area contributed by atoms with Crippen LogP contribution in [0.5, 0.6) is 5.75 Å². The lowest BCUT2D eigenvalue weighted by atomic mass is 10.2. The zero-order valence-corrected chi connectivity index (χ0v) is 10.9.